The van der Waals surface area contributed by atoms with E-state index in [1.807, 2.05) is 25.1 Å². The second kappa shape index (κ2) is 10.5. The number of esters is 1. The van der Waals surface area contributed by atoms with Crippen molar-refractivity contribution < 1.29 is 19.1 Å². The average molecular weight is 436 g/mol. The highest BCUT2D eigenvalue weighted by molar-refractivity contribution is 6.30. The van der Waals surface area contributed by atoms with Gasteiger partial charge in [-0.3, -0.25) is 14.4 Å². The molecule has 5 nitrogen and oxygen atoms in total. The van der Waals surface area contributed by atoms with Gasteiger partial charge in [0.05, 0.1) is 6.42 Å². The van der Waals surface area contributed by atoms with Gasteiger partial charge < -0.3 is 10.1 Å². The number of halogens is 1. The molecule has 3 rings (SSSR count). The molecule has 0 radical (unpaired) electrons. The highest BCUT2D eigenvalue weighted by Gasteiger charge is 2.26. The molecule has 0 fully saturated rings. The van der Waals surface area contributed by atoms with Crippen molar-refractivity contribution in [3.8, 4) is 0 Å². The zero-order valence-corrected chi connectivity index (χ0v) is 17.8. The van der Waals surface area contributed by atoms with Gasteiger partial charge in [0.2, 0.25) is 11.7 Å². The largest absolute Gasteiger partial charge is 0.449 e. The lowest BCUT2D eigenvalue weighted by Crippen LogP contribution is -2.21. The summed E-state index contributed by atoms with van der Waals surface area (Å²) in [6, 6.07) is 22.5. The van der Waals surface area contributed by atoms with Crippen LogP contribution in [0.2, 0.25) is 5.02 Å². The molecule has 0 heterocycles. The van der Waals surface area contributed by atoms with Crippen molar-refractivity contribution in [2.45, 2.75) is 25.9 Å². The molecule has 3 aromatic carbocycles. The van der Waals surface area contributed by atoms with Crippen LogP contribution in [0.5, 0.6) is 0 Å². The van der Waals surface area contributed by atoms with Crippen LogP contribution in [-0.2, 0) is 14.3 Å². The molecule has 1 amide bonds. The fraction of sp³-hybridized carbons (Fsp3) is 0.160. The van der Waals surface area contributed by atoms with Crippen LogP contribution in [0, 0.1) is 6.92 Å². The third kappa shape index (κ3) is 6.52. The van der Waals surface area contributed by atoms with Crippen LogP contribution < -0.4 is 5.32 Å². The lowest BCUT2D eigenvalue weighted by atomic mass is 10.00. The van der Waals surface area contributed by atoms with Crippen molar-refractivity contribution in [2.75, 3.05) is 5.32 Å². The lowest BCUT2D eigenvalue weighted by Gasteiger charge is -2.17. The third-order valence-electron chi connectivity index (χ3n) is 4.58. The molecule has 0 saturated heterocycles. The first-order valence-electron chi connectivity index (χ1n) is 9.83. The van der Waals surface area contributed by atoms with E-state index < -0.39 is 12.1 Å². The molecule has 0 bridgehead atoms. The molecule has 6 heteroatoms. The van der Waals surface area contributed by atoms with Gasteiger partial charge in [0.1, 0.15) is 0 Å². The number of ether oxygens (including phenoxy) is 1. The minimum absolute atomic E-state index is 0.0559. The Hall–Kier alpha value is -3.44. The highest BCUT2D eigenvalue weighted by Crippen LogP contribution is 2.25. The normalized spacial score (nSPS) is 11.4. The van der Waals surface area contributed by atoms with Crippen molar-refractivity contribution in [3.05, 3.63) is 101 Å². The third-order valence-corrected chi connectivity index (χ3v) is 4.83. The van der Waals surface area contributed by atoms with E-state index in [1.54, 1.807) is 60.7 Å². The summed E-state index contributed by atoms with van der Waals surface area (Å²) in [5.41, 5.74) is 2.61. The molecular formula is C25H22ClNO4. The zero-order valence-electron chi connectivity index (χ0n) is 17.0. The maximum Gasteiger partial charge on any atom is 0.307 e. The van der Waals surface area contributed by atoms with E-state index in [9.17, 15) is 14.4 Å². The monoisotopic (exact) mass is 435 g/mol. The number of benzene rings is 3. The molecule has 1 N–H and O–H groups in total. The van der Waals surface area contributed by atoms with E-state index in [0.717, 1.165) is 5.56 Å². The SMILES string of the molecule is Cc1cccc(NC(=O)CCC(=O)O[C@@H](C(=O)c2ccccc2)c2ccc(Cl)cc2)c1. The molecule has 0 aliphatic heterocycles. The molecule has 1 atom stereocenters. The molecule has 0 aromatic heterocycles. The molecular weight excluding hydrogens is 414 g/mol. The quantitative estimate of drug-likeness (QED) is 0.372. The van der Waals surface area contributed by atoms with Gasteiger partial charge in [0, 0.05) is 28.3 Å². The van der Waals surface area contributed by atoms with Crippen LogP contribution in [0.15, 0.2) is 78.9 Å². The Bertz CT molecular complexity index is 1060. The Morgan fingerprint density at radius 1 is 0.903 bits per heavy atom. The maximum absolute atomic E-state index is 13.0. The van der Waals surface area contributed by atoms with Crippen molar-refractivity contribution in [2.24, 2.45) is 0 Å². The maximum atomic E-state index is 13.0. The Labute approximate surface area is 186 Å². The van der Waals surface area contributed by atoms with Gasteiger partial charge in [-0.25, -0.2) is 0 Å². The van der Waals surface area contributed by atoms with Crippen LogP contribution in [0.3, 0.4) is 0 Å². The number of amides is 1. The summed E-state index contributed by atoms with van der Waals surface area (Å²) in [5, 5.41) is 3.26. The predicted octanol–water partition coefficient (Wildman–Crippen LogP) is 5.53. The Kier molecular flexibility index (Phi) is 7.57. The number of hydrogen-bond acceptors (Lipinski definition) is 4. The lowest BCUT2D eigenvalue weighted by molar-refractivity contribution is -0.148. The van der Waals surface area contributed by atoms with Crippen molar-refractivity contribution in [1.82, 2.24) is 0 Å². The summed E-state index contributed by atoms with van der Waals surface area (Å²) >= 11 is 5.94. The summed E-state index contributed by atoms with van der Waals surface area (Å²) in [7, 11) is 0. The summed E-state index contributed by atoms with van der Waals surface area (Å²) in [6.07, 6.45) is -1.32. The van der Waals surface area contributed by atoms with Crippen molar-refractivity contribution in [1.29, 1.82) is 0 Å². The van der Waals surface area contributed by atoms with E-state index in [2.05, 4.69) is 5.32 Å². The van der Waals surface area contributed by atoms with Crippen LogP contribution in [-0.4, -0.2) is 17.7 Å². The summed E-state index contributed by atoms with van der Waals surface area (Å²) in [4.78, 5) is 37.6. The number of carbonyl (C=O) groups excluding carboxylic acids is 3. The van der Waals surface area contributed by atoms with Gasteiger partial charge in [-0.05, 0) is 36.8 Å². The molecule has 158 valence electrons. The Morgan fingerprint density at radius 2 is 1.61 bits per heavy atom. The van der Waals surface area contributed by atoms with Crippen LogP contribution in [0.25, 0.3) is 0 Å². The fourth-order valence-corrected chi connectivity index (χ4v) is 3.14. The molecule has 0 saturated carbocycles. The fourth-order valence-electron chi connectivity index (χ4n) is 3.02. The molecule has 0 unspecified atom stereocenters. The van der Waals surface area contributed by atoms with Gasteiger partial charge in [0.15, 0.2) is 6.10 Å². The number of anilines is 1. The second-order valence-electron chi connectivity index (χ2n) is 7.07. The van der Waals surface area contributed by atoms with Crippen LogP contribution in [0.4, 0.5) is 5.69 Å². The van der Waals surface area contributed by atoms with E-state index in [0.29, 0.717) is 21.8 Å². The van der Waals surface area contributed by atoms with Gasteiger partial charge in [0.25, 0.3) is 0 Å². The first-order valence-corrected chi connectivity index (χ1v) is 10.2. The number of carbonyl (C=O) groups is 3. The van der Waals surface area contributed by atoms with Gasteiger partial charge in [-0.1, -0.05) is 66.2 Å². The molecule has 0 aliphatic carbocycles. The number of nitrogens with one attached hydrogen (secondary N) is 1. The predicted molar refractivity (Wildman–Crippen MR) is 120 cm³/mol. The van der Waals surface area contributed by atoms with E-state index in [1.165, 1.54) is 0 Å². The Morgan fingerprint density at radius 3 is 2.29 bits per heavy atom. The van der Waals surface area contributed by atoms with Crippen molar-refractivity contribution >= 4 is 34.9 Å². The first kappa shape index (κ1) is 22.2. The smallest absolute Gasteiger partial charge is 0.307 e. The number of hydrogen-bond donors (Lipinski definition) is 1. The topological polar surface area (TPSA) is 72.5 Å². The second-order valence-corrected chi connectivity index (χ2v) is 7.51. The van der Waals surface area contributed by atoms with Gasteiger partial charge in [-0.2, -0.15) is 0 Å². The summed E-state index contributed by atoms with van der Waals surface area (Å²) < 4.78 is 5.50. The van der Waals surface area contributed by atoms with E-state index >= 15 is 0 Å². The molecule has 0 spiro atoms. The number of ketones is 1. The number of Topliss-reactive ketones (excluding diaryl/α,β-unsaturated/α-hetero) is 1. The number of rotatable bonds is 8. The van der Waals surface area contributed by atoms with Gasteiger partial charge >= 0.3 is 5.97 Å². The summed E-state index contributed by atoms with van der Waals surface area (Å²) in [6.45, 7) is 1.92. The standard InChI is InChI=1S/C25H22ClNO4/c1-17-6-5-9-21(16-17)27-22(28)14-15-23(29)31-25(19-10-12-20(26)13-11-19)24(30)18-7-3-2-4-8-18/h2-13,16,25H,14-15H2,1H3,(H,27,28)/t25-/m1/s1. The minimum atomic E-state index is -1.12. The minimum Gasteiger partial charge on any atom is -0.449 e. The zero-order chi connectivity index (χ0) is 22.2. The summed E-state index contributed by atoms with van der Waals surface area (Å²) in [5.74, 6) is -1.29. The first-order chi connectivity index (χ1) is 14.9. The van der Waals surface area contributed by atoms with Crippen molar-refractivity contribution in [3.63, 3.8) is 0 Å². The average Bonchev–Trinajstić information content (AvgIpc) is 2.77. The number of aryl methyl sites for hydroxylation is 1. The Balaban J connectivity index is 1.66. The van der Waals surface area contributed by atoms with Crippen LogP contribution in [0.1, 0.15) is 40.4 Å². The van der Waals surface area contributed by atoms with Crippen LogP contribution >= 0.6 is 11.6 Å². The molecule has 0 aliphatic rings. The van der Waals surface area contributed by atoms with E-state index in [-0.39, 0.29) is 24.5 Å². The molecule has 31 heavy (non-hydrogen) atoms. The highest BCUT2D eigenvalue weighted by atomic mass is 35.5. The van der Waals surface area contributed by atoms with Gasteiger partial charge in [-0.15, -0.1) is 0 Å². The van der Waals surface area contributed by atoms with E-state index in [4.69, 9.17) is 16.3 Å². The molecule has 3 aromatic rings.